The van der Waals surface area contributed by atoms with Crippen molar-refractivity contribution in [3.63, 3.8) is 0 Å². The van der Waals surface area contributed by atoms with Gasteiger partial charge in [0.2, 0.25) is 5.91 Å². The van der Waals surface area contributed by atoms with E-state index in [1.54, 1.807) is 0 Å². The summed E-state index contributed by atoms with van der Waals surface area (Å²) in [6.45, 7) is 1.96. The van der Waals surface area contributed by atoms with E-state index in [0.29, 0.717) is 16.4 Å². The third-order valence-electron chi connectivity index (χ3n) is 5.62. The molecule has 6 heteroatoms. The molecule has 0 unspecified atom stereocenters. The highest BCUT2D eigenvalue weighted by molar-refractivity contribution is 8.02. The Labute approximate surface area is 191 Å². The summed E-state index contributed by atoms with van der Waals surface area (Å²) in [4.78, 5) is 25.4. The summed E-state index contributed by atoms with van der Waals surface area (Å²) in [5.41, 5.74) is 3.24. The van der Waals surface area contributed by atoms with Crippen LogP contribution in [0, 0.1) is 24.2 Å². The number of ether oxygens (including phenoxy) is 1. The number of allylic oxidation sites excluding steroid dienone is 1. The molecule has 0 fully saturated rings. The van der Waals surface area contributed by atoms with E-state index in [-0.39, 0.29) is 0 Å². The van der Waals surface area contributed by atoms with Gasteiger partial charge in [0.1, 0.15) is 5.92 Å². The number of methoxy groups -OCH3 is 1. The van der Waals surface area contributed by atoms with Crippen molar-refractivity contribution in [2.45, 2.75) is 18.6 Å². The van der Waals surface area contributed by atoms with Crippen molar-refractivity contribution >= 4 is 34.4 Å². The first-order chi connectivity index (χ1) is 15.5. The van der Waals surface area contributed by atoms with Crippen LogP contribution in [0.1, 0.15) is 22.6 Å². The van der Waals surface area contributed by atoms with Gasteiger partial charge in [0.15, 0.2) is 0 Å². The minimum atomic E-state index is -1.11. The fourth-order valence-electron chi connectivity index (χ4n) is 3.94. The number of thioether (sulfide) groups is 1. The molecular formula is C26H22N2O3S. The monoisotopic (exact) mass is 442 g/mol. The highest BCUT2D eigenvalue weighted by atomic mass is 32.2. The Morgan fingerprint density at radius 3 is 2.50 bits per heavy atom. The van der Waals surface area contributed by atoms with Crippen LogP contribution >= 0.6 is 11.8 Å². The highest BCUT2D eigenvalue weighted by Crippen LogP contribution is 2.41. The van der Waals surface area contributed by atoms with Crippen molar-refractivity contribution in [2.75, 3.05) is 7.11 Å². The Morgan fingerprint density at radius 1 is 1.09 bits per heavy atom. The Kier molecular flexibility index (Phi) is 6.29. The smallest absolute Gasteiger partial charge is 0.319 e. The molecule has 1 amide bonds. The van der Waals surface area contributed by atoms with Crippen molar-refractivity contribution in [3.8, 4) is 6.07 Å². The van der Waals surface area contributed by atoms with Crippen LogP contribution in [0.15, 0.2) is 77.3 Å². The first-order valence-electron chi connectivity index (χ1n) is 10.2. The van der Waals surface area contributed by atoms with Crippen molar-refractivity contribution < 1.29 is 14.3 Å². The zero-order chi connectivity index (χ0) is 22.7. The summed E-state index contributed by atoms with van der Waals surface area (Å²) in [6, 6.07) is 24.1. The summed E-state index contributed by atoms with van der Waals surface area (Å²) >= 11 is 1.39. The quantitative estimate of drug-likeness (QED) is 0.453. The molecule has 160 valence electrons. The van der Waals surface area contributed by atoms with Crippen LogP contribution in [0.4, 0.5) is 0 Å². The standard InChI is InChI=1S/C26H22N2O3S/c1-16-7-10-19(11-8-16)22-21(14-27)25(28-24(29)23(22)26(30)31-2)32-15-17-9-12-18-5-3-4-6-20(18)13-17/h3-13,22-23H,15H2,1-2H3,(H,28,29)/t22-,23-/m0/s1. The summed E-state index contributed by atoms with van der Waals surface area (Å²) in [5.74, 6) is -2.33. The van der Waals surface area contributed by atoms with Crippen molar-refractivity contribution in [1.29, 1.82) is 5.26 Å². The maximum atomic E-state index is 12.9. The van der Waals surface area contributed by atoms with Gasteiger partial charge in [-0.1, -0.05) is 72.3 Å². The molecule has 1 aliphatic heterocycles. The topological polar surface area (TPSA) is 79.2 Å². The number of aryl methyl sites for hydroxylation is 1. The van der Waals surface area contributed by atoms with Gasteiger partial charge in [-0.2, -0.15) is 5.26 Å². The maximum absolute atomic E-state index is 12.9. The van der Waals surface area contributed by atoms with Gasteiger partial charge in [-0.15, -0.1) is 11.8 Å². The van der Waals surface area contributed by atoms with Crippen LogP contribution < -0.4 is 5.32 Å². The summed E-state index contributed by atoms with van der Waals surface area (Å²) < 4.78 is 4.90. The van der Waals surface area contributed by atoms with Crippen molar-refractivity contribution in [3.05, 3.63) is 94.0 Å². The van der Waals surface area contributed by atoms with Crippen LogP contribution in [0.3, 0.4) is 0 Å². The third-order valence-corrected chi connectivity index (χ3v) is 6.71. The minimum absolute atomic E-state index is 0.370. The molecule has 0 aliphatic carbocycles. The number of fused-ring (bicyclic) bond motifs is 1. The van der Waals surface area contributed by atoms with Crippen LogP contribution in [0.25, 0.3) is 10.8 Å². The number of hydrogen-bond acceptors (Lipinski definition) is 5. The number of benzene rings is 3. The molecule has 0 aromatic heterocycles. The van der Waals surface area contributed by atoms with Gasteiger partial charge >= 0.3 is 5.97 Å². The maximum Gasteiger partial charge on any atom is 0.319 e. The van der Waals surface area contributed by atoms with Gasteiger partial charge in [-0.3, -0.25) is 9.59 Å². The molecule has 0 saturated heterocycles. The van der Waals surface area contributed by atoms with E-state index in [9.17, 15) is 14.9 Å². The van der Waals surface area contributed by atoms with Gasteiger partial charge in [-0.05, 0) is 28.8 Å². The summed E-state index contributed by atoms with van der Waals surface area (Å²) in [5, 5.41) is 15.6. The fraction of sp³-hybridized carbons (Fsp3) is 0.192. The van der Waals surface area contributed by atoms with Crippen LogP contribution in [-0.4, -0.2) is 19.0 Å². The predicted molar refractivity (Wildman–Crippen MR) is 125 cm³/mol. The SMILES string of the molecule is COC(=O)[C@@H]1C(=O)NC(SCc2ccc3ccccc3c2)=C(C#N)[C@@H]1c1ccc(C)cc1. The van der Waals surface area contributed by atoms with Crippen LogP contribution in [0.2, 0.25) is 0 Å². The van der Waals surface area contributed by atoms with Crippen molar-refractivity contribution in [2.24, 2.45) is 5.92 Å². The minimum Gasteiger partial charge on any atom is -0.468 e. The molecule has 1 heterocycles. The molecule has 3 aromatic rings. The zero-order valence-corrected chi connectivity index (χ0v) is 18.6. The lowest BCUT2D eigenvalue weighted by atomic mass is 9.78. The first kappa shape index (κ1) is 21.7. The number of esters is 1. The molecule has 32 heavy (non-hydrogen) atoms. The summed E-state index contributed by atoms with van der Waals surface area (Å²) in [6.07, 6.45) is 0. The van der Waals surface area contributed by atoms with Crippen LogP contribution in [-0.2, 0) is 20.1 Å². The lowest BCUT2D eigenvalue weighted by molar-refractivity contribution is -0.150. The van der Waals surface area contributed by atoms with E-state index in [0.717, 1.165) is 27.5 Å². The molecule has 3 aromatic carbocycles. The lowest BCUT2D eigenvalue weighted by Crippen LogP contribution is -2.44. The normalized spacial score (nSPS) is 18.2. The van der Waals surface area contributed by atoms with E-state index < -0.39 is 23.7 Å². The number of carbonyl (C=O) groups excluding carboxylic acids is 2. The second-order valence-electron chi connectivity index (χ2n) is 7.70. The number of nitrogens with zero attached hydrogens (tertiary/aromatic N) is 1. The fourth-order valence-corrected chi connectivity index (χ4v) is 4.93. The van der Waals surface area contributed by atoms with E-state index in [1.165, 1.54) is 18.9 Å². The average molecular weight is 443 g/mol. The molecule has 0 spiro atoms. The molecule has 0 bridgehead atoms. The number of nitriles is 1. The van der Waals surface area contributed by atoms with Crippen molar-refractivity contribution in [1.82, 2.24) is 5.32 Å². The number of nitrogens with one attached hydrogen (secondary N) is 1. The number of rotatable bonds is 5. The second kappa shape index (κ2) is 9.29. The third kappa shape index (κ3) is 4.25. The first-order valence-corrected chi connectivity index (χ1v) is 11.2. The molecule has 2 atom stereocenters. The van der Waals surface area contributed by atoms with E-state index in [4.69, 9.17) is 4.74 Å². The lowest BCUT2D eigenvalue weighted by Gasteiger charge is -2.31. The Balaban J connectivity index is 1.70. The van der Waals surface area contributed by atoms with E-state index >= 15 is 0 Å². The molecule has 0 saturated carbocycles. The van der Waals surface area contributed by atoms with Gasteiger partial charge < -0.3 is 10.1 Å². The molecule has 1 N–H and O–H groups in total. The number of carbonyl (C=O) groups is 2. The van der Waals surface area contributed by atoms with E-state index in [1.807, 2.05) is 49.4 Å². The molecule has 1 aliphatic rings. The van der Waals surface area contributed by atoms with E-state index in [2.05, 4.69) is 35.7 Å². The largest absolute Gasteiger partial charge is 0.468 e. The second-order valence-corrected chi connectivity index (χ2v) is 8.69. The Morgan fingerprint density at radius 2 is 1.81 bits per heavy atom. The summed E-state index contributed by atoms with van der Waals surface area (Å²) in [7, 11) is 1.25. The molecule has 5 nitrogen and oxygen atoms in total. The molecular weight excluding hydrogens is 420 g/mol. The average Bonchev–Trinajstić information content (AvgIpc) is 2.82. The molecule has 4 rings (SSSR count). The molecule has 0 radical (unpaired) electrons. The van der Waals surface area contributed by atoms with Gasteiger partial charge in [-0.25, -0.2) is 0 Å². The van der Waals surface area contributed by atoms with Gasteiger partial charge in [0.05, 0.1) is 23.8 Å². The Hall–Kier alpha value is -3.56. The number of hydrogen-bond donors (Lipinski definition) is 1. The van der Waals surface area contributed by atoms with Gasteiger partial charge in [0.25, 0.3) is 0 Å². The van der Waals surface area contributed by atoms with Gasteiger partial charge in [0, 0.05) is 11.7 Å². The zero-order valence-electron chi connectivity index (χ0n) is 17.8. The van der Waals surface area contributed by atoms with Crippen LogP contribution in [0.5, 0.6) is 0 Å². The number of amides is 1. The Bertz CT molecular complexity index is 1260. The highest BCUT2D eigenvalue weighted by Gasteiger charge is 2.44. The predicted octanol–water partition coefficient (Wildman–Crippen LogP) is 4.82.